The van der Waals surface area contributed by atoms with Crippen molar-refractivity contribution in [1.82, 2.24) is 9.38 Å². The fourth-order valence-corrected chi connectivity index (χ4v) is 2.05. The molecule has 0 radical (unpaired) electrons. The van der Waals surface area contributed by atoms with Crippen molar-refractivity contribution in [1.29, 1.82) is 5.26 Å². The van der Waals surface area contributed by atoms with Crippen LogP contribution in [0.2, 0.25) is 0 Å². The van der Waals surface area contributed by atoms with Gasteiger partial charge in [-0.2, -0.15) is 5.26 Å². The molecule has 0 aromatic carbocycles. The molecule has 17 heavy (non-hydrogen) atoms. The summed E-state index contributed by atoms with van der Waals surface area (Å²) in [5, 5.41) is 8.59. The Morgan fingerprint density at radius 2 is 2.35 bits per heavy atom. The Morgan fingerprint density at radius 1 is 1.53 bits per heavy atom. The maximum atomic E-state index is 11.8. The molecule has 4 nitrogen and oxygen atoms in total. The number of aromatic nitrogens is 2. The van der Waals surface area contributed by atoms with Crippen molar-refractivity contribution >= 4 is 11.3 Å². The van der Waals surface area contributed by atoms with Crippen molar-refractivity contribution in [2.24, 2.45) is 0 Å². The van der Waals surface area contributed by atoms with Crippen LogP contribution < -0.4 is 0 Å². The molecule has 0 N–H and O–H groups in total. The van der Waals surface area contributed by atoms with Crippen molar-refractivity contribution in [3.8, 4) is 6.07 Å². The van der Waals surface area contributed by atoms with E-state index in [4.69, 9.17) is 5.26 Å². The summed E-state index contributed by atoms with van der Waals surface area (Å²) in [5.74, 6) is 1.25. The first-order chi connectivity index (χ1) is 8.31. The van der Waals surface area contributed by atoms with Crippen LogP contribution in [0.3, 0.4) is 0 Å². The maximum absolute atomic E-state index is 11.8. The third-order valence-electron chi connectivity index (χ3n) is 3.02. The van der Waals surface area contributed by atoms with Gasteiger partial charge in [-0.05, 0) is 25.0 Å². The number of ketones is 1. The standard InChI is InChI=1S/C13H11N3O/c14-7-6-11(17)12-10-3-1-2-8-16(10)13(15-12)9-4-5-9/h1-3,8-9H,4-6H2. The fraction of sp³-hybridized carbons (Fsp3) is 0.308. The molecule has 0 aliphatic heterocycles. The lowest BCUT2D eigenvalue weighted by molar-refractivity contribution is 0.0995. The van der Waals surface area contributed by atoms with Gasteiger partial charge in [0.25, 0.3) is 0 Å². The molecule has 2 heterocycles. The molecule has 3 rings (SSSR count). The van der Waals surface area contributed by atoms with Gasteiger partial charge in [0.05, 0.1) is 11.6 Å². The van der Waals surface area contributed by atoms with E-state index in [9.17, 15) is 4.79 Å². The van der Waals surface area contributed by atoms with Crippen molar-refractivity contribution in [2.75, 3.05) is 0 Å². The summed E-state index contributed by atoms with van der Waals surface area (Å²) < 4.78 is 1.97. The van der Waals surface area contributed by atoms with E-state index < -0.39 is 0 Å². The van der Waals surface area contributed by atoms with E-state index in [0.29, 0.717) is 11.6 Å². The fourth-order valence-electron chi connectivity index (χ4n) is 2.05. The number of fused-ring (bicyclic) bond motifs is 1. The largest absolute Gasteiger partial charge is 0.303 e. The number of hydrogen-bond acceptors (Lipinski definition) is 3. The highest BCUT2D eigenvalue weighted by Crippen LogP contribution is 2.40. The first-order valence-electron chi connectivity index (χ1n) is 5.68. The van der Waals surface area contributed by atoms with Gasteiger partial charge in [0.15, 0.2) is 5.78 Å². The van der Waals surface area contributed by atoms with Crippen molar-refractivity contribution in [2.45, 2.75) is 25.2 Å². The van der Waals surface area contributed by atoms with E-state index in [1.54, 1.807) is 0 Å². The second-order valence-electron chi connectivity index (χ2n) is 4.31. The number of imidazole rings is 1. The molecule has 2 aromatic rings. The predicted molar refractivity (Wildman–Crippen MR) is 61.7 cm³/mol. The van der Waals surface area contributed by atoms with Crippen LogP contribution in [0, 0.1) is 11.3 Å². The summed E-state index contributed by atoms with van der Waals surface area (Å²) >= 11 is 0. The molecule has 0 atom stereocenters. The highest BCUT2D eigenvalue weighted by atomic mass is 16.1. The van der Waals surface area contributed by atoms with Crippen LogP contribution in [-0.2, 0) is 0 Å². The number of pyridine rings is 1. The minimum absolute atomic E-state index is 0.105. The molecule has 1 fully saturated rings. The molecular weight excluding hydrogens is 214 g/mol. The number of carbonyl (C=O) groups is 1. The second-order valence-corrected chi connectivity index (χ2v) is 4.31. The number of carbonyl (C=O) groups excluding carboxylic acids is 1. The van der Waals surface area contributed by atoms with Crippen molar-refractivity contribution < 1.29 is 4.79 Å². The molecular formula is C13H11N3O. The number of Topliss-reactive ketones (excluding diaryl/α,β-unsaturated/α-hetero) is 1. The Kier molecular flexibility index (Phi) is 2.19. The number of nitrogens with zero attached hydrogens (tertiary/aromatic N) is 3. The first-order valence-corrected chi connectivity index (χ1v) is 5.68. The van der Waals surface area contributed by atoms with Gasteiger partial charge in [0.1, 0.15) is 17.9 Å². The van der Waals surface area contributed by atoms with Crippen LogP contribution in [0.15, 0.2) is 24.4 Å². The third kappa shape index (κ3) is 1.60. The van der Waals surface area contributed by atoms with Gasteiger partial charge < -0.3 is 4.40 Å². The average molecular weight is 225 g/mol. The first kappa shape index (κ1) is 10.0. The molecule has 0 amide bonds. The van der Waals surface area contributed by atoms with Crippen LogP contribution in [0.1, 0.15) is 41.5 Å². The Hall–Kier alpha value is -2.15. The van der Waals surface area contributed by atoms with E-state index in [-0.39, 0.29) is 12.2 Å². The molecule has 0 spiro atoms. The zero-order valence-corrected chi connectivity index (χ0v) is 9.26. The smallest absolute Gasteiger partial charge is 0.197 e. The van der Waals surface area contributed by atoms with Crippen molar-refractivity contribution in [3.63, 3.8) is 0 Å². The SMILES string of the molecule is N#CCC(=O)c1nc(C2CC2)n2ccccc12. The number of rotatable bonds is 3. The lowest BCUT2D eigenvalue weighted by atomic mass is 10.2. The van der Waals surface area contributed by atoms with E-state index in [0.717, 1.165) is 24.2 Å². The predicted octanol–water partition coefficient (Wildman–Crippen LogP) is 2.31. The minimum atomic E-state index is -0.192. The van der Waals surface area contributed by atoms with Gasteiger partial charge >= 0.3 is 0 Å². The Labute approximate surface area is 98.5 Å². The average Bonchev–Trinajstić information content (AvgIpc) is 3.10. The minimum Gasteiger partial charge on any atom is -0.303 e. The van der Waals surface area contributed by atoms with Gasteiger partial charge in [0.2, 0.25) is 0 Å². The topological polar surface area (TPSA) is 58.2 Å². The maximum Gasteiger partial charge on any atom is 0.197 e. The lowest BCUT2D eigenvalue weighted by Crippen LogP contribution is -1.98. The highest BCUT2D eigenvalue weighted by Gasteiger charge is 2.30. The second kappa shape index (κ2) is 3.70. The van der Waals surface area contributed by atoms with E-state index >= 15 is 0 Å². The molecule has 1 aliphatic rings. The van der Waals surface area contributed by atoms with E-state index in [1.807, 2.05) is 34.9 Å². The Balaban J connectivity index is 2.18. The zero-order valence-electron chi connectivity index (χ0n) is 9.26. The Morgan fingerprint density at radius 3 is 3.06 bits per heavy atom. The molecule has 2 aromatic heterocycles. The molecule has 0 saturated heterocycles. The summed E-state index contributed by atoms with van der Waals surface area (Å²) in [5.41, 5.74) is 1.25. The van der Waals surface area contributed by atoms with Gasteiger partial charge in [0, 0.05) is 12.1 Å². The summed E-state index contributed by atoms with van der Waals surface area (Å²) in [4.78, 5) is 16.2. The zero-order chi connectivity index (χ0) is 11.8. The monoisotopic (exact) mass is 225 g/mol. The lowest BCUT2D eigenvalue weighted by Gasteiger charge is -1.97. The molecule has 4 heteroatoms. The molecule has 0 unspecified atom stereocenters. The van der Waals surface area contributed by atoms with Crippen molar-refractivity contribution in [3.05, 3.63) is 35.9 Å². The van der Waals surface area contributed by atoms with Crippen LogP contribution in [0.25, 0.3) is 5.52 Å². The third-order valence-corrected chi connectivity index (χ3v) is 3.02. The highest BCUT2D eigenvalue weighted by molar-refractivity contribution is 6.01. The molecule has 0 bridgehead atoms. The normalized spacial score (nSPS) is 14.8. The van der Waals surface area contributed by atoms with Crippen LogP contribution in [0.4, 0.5) is 0 Å². The summed E-state index contributed by atoms with van der Waals surface area (Å²) in [6, 6.07) is 7.58. The molecule has 1 saturated carbocycles. The summed E-state index contributed by atoms with van der Waals surface area (Å²) in [7, 11) is 0. The van der Waals surface area contributed by atoms with Gasteiger partial charge in [-0.25, -0.2) is 4.98 Å². The molecule has 1 aliphatic carbocycles. The van der Waals surface area contributed by atoms with Crippen LogP contribution >= 0.6 is 0 Å². The molecule has 84 valence electrons. The van der Waals surface area contributed by atoms with E-state index in [2.05, 4.69) is 4.98 Å². The quantitative estimate of drug-likeness (QED) is 0.753. The summed E-state index contributed by atoms with van der Waals surface area (Å²) in [6.45, 7) is 0. The Bertz CT molecular complexity index is 632. The van der Waals surface area contributed by atoms with Gasteiger partial charge in [-0.15, -0.1) is 0 Å². The van der Waals surface area contributed by atoms with Crippen LogP contribution in [0.5, 0.6) is 0 Å². The number of hydrogen-bond donors (Lipinski definition) is 0. The van der Waals surface area contributed by atoms with E-state index in [1.165, 1.54) is 0 Å². The van der Waals surface area contributed by atoms with Gasteiger partial charge in [-0.1, -0.05) is 6.07 Å². The number of nitriles is 1. The van der Waals surface area contributed by atoms with Crippen LogP contribution in [-0.4, -0.2) is 15.2 Å². The summed E-state index contributed by atoms with van der Waals surface area (Å²) in [6.07, 6.45) is 4.10. The van der Waals surface area contributed by atoms with Gasteiger partial charge in [-0.3, -0.25) is 4.79 Å².